The maximum atomic E-state index is 12.5. The summed E-state index contributed by atoms with van der Waals surface area (Å²) in [6.07, 6.45) is 0.983. The zero-order chi connectivity index (χ0) is 14.7. The number of nitrogens with zero attached hydrogens (tertiary/aromatic N) is 2. The van der Waals surface area contributed by atoms with Gasteiger partial charge in [0.05, 0.1) is 10.5 Å². The summed E-state index contributed by atoms with van der Waals surface area (Å²) in [5.74, 6) is 0.356. The number of nitro benzene ring substituents is 1. The smallest absolute Gasteiger partial charge is 0.270 e. The molecular formula is C14H19N3O3. The van der Waals surface area contributed by atoms with Crippen LogP contribution in [0.4, 0.5) is 11.4 Å². The van der Waals surface area contributed by atoms with E-state index < -0.39 is 4.92 Å². The second-order valence-electron chi connectivity index (χ2n) is 5.16. The van der Waals surface area contributed by atoms with Crippen molar-refractivity contribution < 1.29 is 9.72 Å². The average Bonchev–Trinajstić information content (AvgIpc) is 2.85. The van der Waals surface area contributed by atoms with Crippen molar-refractivity contribution in [3.8, 4) is 0 Å². The number of carbonyl (C=O) groups is 1. The summed E-state index contributed by atoms with van der Waals surface area (Å²) >= 11 is 0. The van der Waals surface area contributed by atoms with Crippen molar-refractivity contribution in [3.63, 3.8) is 0 Å². The van der Waals surface area contributed by atoms with Crippen LogP contribution in [0, 0.1) is 16.0 Å². The molecule has 6 heteroatoms. The first-order valence-corrected chi connectivity index (χ1v) is 6.84. The molecular weight excluding hydrogens is 258 g/mol. The van der Waals surface area contributed by atoms with Gasteiger partial charge in [-0.15, -0.1) is 0 Å². The lowest BCUT2D eigenvalue weighted by Gasteiger charge is -2.18. The Morgan fingerprint density at radius 1 is 1.55 bits per heavy atom. The fourth-order valence-electron chi connectivity index (χ4n) is 2.46. The molecule has 1 unspecified atom stereocenters. The Balaban J connectivity index is 2.33. The highest BCUT2D eigenvalue weighted by atomic mass is 16.6. The number of hydrogen-bond donors (Lipinski definition) is 1. The summed E-state index contributed by atoms with van der Waals surface area (Å²) in [6, 6.07) is 4.39. The number of rotatable bonds is 4. The molecule has 1 heterocycles. The molecule has 0 spiro atoms. The van der Waals surface area contributed by atoms with Crippen molar-refractivity contribution in [2.24, 2.45) is 5.92 Å². The van der Waals surface area contributed by atoms with Gasteiger partial charge in [-0.3, -0.25) is 14.9 Å². The summed E-state index contributed by atoms with van der Waals surface area (Å²) in [7, 11) is 0. The quantitative estimate of drug-likeness (QED) is 0.677. The largest absolute Gasteiger partial charge is 0.385 e. The van der Waals surface area contributed by atoms with Gasteiger partial charge >= 0.3 is 0 Å². The van der Waals surface area contributed by atoms with Crippen molar-refractivity contribution in [2.75, 3.05) is 25.0 Å². The number of amides is 1. The molecule has 6 nitrogen and oxygen atoms in total. The summed E-state index contributed by atoms with van der Waals surface area (Å²) in [6.45, 7) is 6.12. The van der Waals surface area contributed by atoms with Crippen LogP contribution in [0.2, 0.25) is 0 Å². The predicted octanol–water partition coefficient (Wildman–Crippen LogP) is 2.51. The normalized spacial score (nSPS) is 18.1. The van der Waals surface area contributed by atoms with Gasteiger partial charge in [0.2, 0.25) is 0 Å². The standard InChI is InChI=1S/C14H19N3O3/c1-3-15-13-5-4-11(17(19)20)8-12(13)14(18)16-7-6-10(2)9-16/h4-5,8,10,15H,3,6-7,9H2,1-2H3. The Kier molecular flexibility index (Phi) is 4.22. The van der Waals surface area contributed by atoms with E-state index in [1.807, 2.05) is 6.92 Å². The molecule has 1 aliphatic heterocycles. The minimum Gasteiger partial charge on any atom is -0.385 e. The first-order chi connectivity index (χ1) is 9.52. The van der Waals surface area contributed by atoms with E-state index in [2.05, 4.69) is 12.2 Å². The van der Waals surface area contributed by atoms with Gasteiger partial charge in [0, 0.05) is 37.5 Å². The van der Waals surface area contributed by atoms with Crippen LogP contribution < -0.4 is 5.32 Å². The van der Waals surface area contributed by atoms with Crippen LogP contribution in [0.15, 0.2) is 18.2 Å². The second kappa shape index (κ2) is 5.90. The van der Waals surface area contributed by atoms with E-state index in [4.69, 9.17) is 0 Å². The third-order valence-electron chi connectivity index (χ3n) is 3.52. The molecule has 0 radical (unpaired) electrons. The van der Waals surface area contributed by atoms with Crippen molar-refractivity contribution in [3.05, 3.63) is 33.9 Å². The van der Waals surface area contributed by atoms with Crippen molar-refractivity contribution in [1.29, 1.82) is 0 Å². The molecule has 0 aromatic heterocycles. The van der Waals surface area contributed by atoms with E-state index in [1.165, 1.54) is 12.1 Å². The Bertz CT molecular complexity index is 530. The van der Waals surface area contributed by atoms with E-state index in [1.54, 1.807) is 11.0 Å². The van der Waals surface area contributed by atoms with E-state index in [0.717, 1.165) is 6.42 Å². The number of carbonyl (C=O) groups excluding carboxylic acids is 1. The number of benzene rings is 1. The van der Waals surface area contributed by atoms with Gasteiger partial charge in [-0.25, -0.2) is 0 Å². The topological polar surface area (TPSA) is 75.5 Å². The SMILES string of the molecule is CCNc1ccc([N+](=O)[O-])cc1C(=O)N1CCC(C)C1. The first kappa shape index (κ1) is 14.3. The van der Waals surface area contributed by atoms with E-state index in [-0.39, 0.29) is 11.6 Å². The molecule has 0 bridgehead atoms. The molecule has 2 rings (SSSR count). The Hall–Kier alpha value is -2.11. The molecule has 1 saturated heterocycles. The van der Waals surface area contributed by atoms with Gasteiger partial charge in [0.25, 0.3) is 11.6 Å². The maximum absolute atomic E-state index is 12.5. The predicted molar refractivity (Wildman–Crippen MR) is 76.9 cm³/mol. The minimum atomic E-state index is -0.473. The lowest BCUT2D eigenvalue weighted by molar-refractivity contribution is -0.384. The lowest BCUT2D eigenvalue weighted by Crippen LogP contribution is -2.29. The van der Waals surface area contributed by atoms with Crippen molar-refractivity contribution in [1.82, 2.24) is 4.90 Å². The molecule has 1 fully saturated rings. The van der Waals surface area contributed by atoms with Crippen molar-refractivity contribution in [2.45, 2.75) is 20.3 Å². The highest BCUT2D eigenvalue weighted by Gasteiger charge is 2.27. The Morgan fingerprint density at radius 2 is 2.30 bits per heavy atom. The summed E-state index contributed by atoms with van der Waals surface area (Å²) < 4.78 is 0. The molecule has 1 aromatic carbocycles. The third kappa shape index (κ3) is 2.89. The molecule has 1 aromatic rings. The Morgan fingerprint density at radius 3 is 2.85 bits per heavy atom. The molecule has 1 amide bonds. The maximum Gasteiger partial charge on any atom is 0.270 e. The van der Waals surface area contributed by atoms with Crippen LogP contribution in [0.1, 0.15) is 30.6 Å². The van der Waals surface area contributed by atoms with E-state index >= 15 is 0 Å². The van der Waals surface area contributed by atoms with Crippen LogP contribution in [-0.4, -0.2) is 35.4 Å². The zero-order valence-electron chi connectivity index (χ0n) is 11.8. The first-order valence-electron chi connectivity index (χ1n) is 6.84. The van der Waals surface area contributed by atoms with Gasteiger partial charge in [-0.05, 0) is 25.3 Å². The molecule has 0 saturated carbocycles. The van der Waals surface area contributed by atoms with Gasteiger partial charge in [-0.1, -0.05) is 6.92 Å². The molecule has 0 aliphatic carbocycles. The molecule has 1 atom stereocenters. The van der Waals surface area contributed by atoms with Crippen LogP contribution in [0.3, 0.4) is 0 Å². The number of hydrogen-bond acceptors (Lipinski definition) is 4. The van der Waals surface area contributed by atoms with Crippen molar-refractivity contribution >= 4 is 17.3 Å². The highest BCUT2D eigenvalue weighted by Crippen LogP contribution is 2.26. The van der Waals surface area contributed by atoms with Crippen LogP contribution in [0.25, 0.3) is 0 Å². The summed E-state index contributed by atoms with van der Waals surface area (Å²) in [5.41, 5.74) is 0.986. The van der Waals surface area contributed by atoms with E-state index in [9.17, 15) is 14.9 Å². The zero-order valence-corrected chi connectivity index (χ0v) is 11.8. The molecule has 1 aliphatic rings. The number of likely N-dealkylation sites (tertiary alicyclic amines) is 1. The van der Waals surface area contributed by atoms with Gasteiger partial charge in [-0.2, -0.15) is 0 Å². The van der Waals surface area contributed by atoms with E-state index in [0.29, 0.717) is 36.8 Å². The third-order valence-corrected chi connectivity index (χ3v) is 3.52. The van der Waals surface area contributed by atoms with Crippen LogP contribution >= 0.6 is 0 Å². The van der Waals surface area contributed by atoms with Gasteiger partial charge in [0.1, 0.15) is 0 Å². The fraction of sp³-hybridized carbons (Fsp3) is 0.500. The lowest BCUT2D eigenvalue weighted by atomic mass is 10.1. The monoisotopic (exact) mass is 277 g/mol. The highest BCUT2D eigenvalue weighted by molar-refractivity contribution is 6.00. The fourth-order valence-corrected chi connectivity index (χ4v) is 2.46. The van der Waals surface area contributed by atoms with Crippen LogP contribution in [0.5, 0.6) is 0 Å². The average molecular weight is 277 g/mol. The Labute approximate surface area is 117 Å². The molecule has 108 valence electrons. The molecule has 20 heavy (non-hydrogen) atoms. The van der Waals surface area contributed by atoms with Gasteiger partial charge in [0.15, 0.2) is 0 Å². The number of nitrogens with one attached hydrogen (secondary N) is 1. The summed E-state index contributed by atoms with van der Waals surface area (Å²) in [5, 5.41) is 14.0. The molecule has 1 N–H and O–H groups in total. The second-order valence-corrected chi connectivity index (χ2v) is 5.16. The summed E-state index contributed by atoms with van der Waals surface area (Å²) in [4.78, 5) is 24.7. The number of nitro groups is 1. The van der Waals surface area contributed by atoms with Gasteiger partial charge < -0.3 is 10.2 Å². The number of anilines is 1. The number of non-ortho nitro benzene ring substituents is 1. The minimum absolute atomic E-state index is 0.0535. The van der Waals surface area contributed by atoms with Crippen LogP contribution in [-0.2, 0) is 0 Å².